The second-order valence-corrected chi connectivity index (χ2v) is 2.85. The van der Waals surface area contributed by atoms with Crippen LogP contribution in [0.1, 0.15) is 25.5 Å². The second kappa shape index (κ2) is 4.84. The zero-order valence-electron chi connectivity index (χ0n) is 7.95. The van der Waals surface area contributed by atoms with Crippen LogP contribution in [-0.4, -0.2) is 11.8 Å². The first-order valence-corrected chi connectivity index (χ1v) is 4.40. The molecule has 0 bridgehead atoms. The molecule has 72 valence electrons. The fourth-order valence-corrected chi connectivity index (χ4v) is 1.09. The maximum absolute atomic E-state index is 8.68. The molecule has 13 heavy (non-hydrogen) atoms. The summed E-state index contributed by atoms with van der Waals surface area (Å²) in [6, 6.07) is 7.60. The molecule has 0 amide bonds. The van der Waals surface area contributed by atoms with Crippen molar-refractivity contribution in [1.82, 2.24) is 5.48 Å². The molecular weight excluding hydrogens is 166 g/mol. The molecule has 0 radical (unpaired) electrons. The van der Waals surface area contributed by atoms with Gasteiger partial charge in [0.1, 0.15) is 5.75 Å². The Morgan fingerprint density at radius 3 is 2.46 bits per heavy atom. The maximum atomic E-state index is 8.68. The molecule has 1 unspecified atom stereocenters. The lowest BCUT2D eigenvalue weighted by molar-refractivity contribution is 0.133. The van der Waals surface area contributed by atoms with E-state index in [1.165, 1.54) is 0 Å². The zero-order chi connectivity index (χ0) is 9.68. The van der Waals surface area contributed by atoms with Crippen LogP contribution in [0.3, 0.4) is 0 Å². The average molecular weight is 181 g/mol. The summed E-state index contributed by atoms with van der Waals surface area (Å²) in [5.74, 6) is 0.858. The maximum Gasteiger partial charge on any atom is 0.119 e. The molecule has 0 aliphatic heterocycles. The molecule has 0 heterocycles. The van der Waals surface area contributed by atoms with E-state index in [1.807, 2.05) is 38.1 Å². The van der Waals surface area contributed by atoms with Crippen molar-refractivity contribution in [2.24, 2.45) is 0 Å². The summed E-state index contributed by atoms with van der Waals surface area (Å²) in [5, 5.41) is 8.68. The lowest BCUT2D eigenvalue weighted by Gasteiger charge is -2.09. The second-order valence-electron chi connectivity index (χ2n) is 2.85. The van der Waals surface area contributed by atoms with E-state index < -0.39 is 0 Å². The molecule has 0 saturated carbocycles. The van der Waals surface area contributed by atoms with E-state index in [9.17, 15) is 0 Å². The van der Waals surface area contributed by atoms with Crippen LogP contribution in [0.2, 0.25) is 0 Å². The molecular formula is C10H15NO2. The van der Waals surface area contributed by atoms with Gasteiger partial charge in [0.2, 0.25) is 0 Å². The van der Waals surface area contributed by atoms with Crippen LogP contribution in [0.15, 0.2) is 24.3 Å². The molecule has 1 aromatic rings. The molecule has 0 aliphatic carbocycles. The number of hydroxylamine groups is 1. The summed E-state index contributed by atoms with van der Waals surface area (Å²) in [4.78, 5) is 0. The third kappa shape index (κ3) is 2.72. The monoisotopic (exact) mass is 181 g/mol. The molecule has 1 rings (SSSR count). The Kier molecular flexibility index (Phi) is 3.73. The summed E-state index contributed by atoms with van der Waals surface area (Å²) >= 11 is 0. The van der Waals surface area contributed by atoms with Gasteiger partial charge >= 0.3 is 0 Å². The average Bonchev–Trinajstić information content (AvgIpc) is 2.18. The van der Waals surface area contributed by atoms with Crippen LogP contribution in [-0.2, 0) is 0 Å². The van der Waals surface area contributed by atoms with Gasteiger partial charge in [-0.3, -0.25) is 0 Å². The van der Waals surface area contributed by atoms with Crippen molar-refractivity contribution in [3.8, 4) is 5.75 Å². The summed E-state index contributed by atoms with van der Waals surface area (Å²) in [7, 11) is 0. The predicted octanol–water partition coefficient (Wildman–Crippen LogP) is 2.13. The summed E-state index contributed by atoms with van der Waals surface area (Å²) in [6.07, 6.45) is 0. The van der Waals surface area contributed by atoms with Gasteiger partial charge in [0.25, 0.3) is 0 Å². The largest absolute Gasteiger partial charge is 0.494 e. The van der Waals surface area contributed by atoms with Gasteiger partial charge in [-0.25, -0.2) is 0 Å². The highest BCUT2D eigenvalue weighted by molar-refractivity contribution is 5.28. The summed E-state index contributed by atoms with van der Waals surface area (Å²) < 4.78 is 5.29. The van der Waals surface area contributed by atoms with E-state index in [1.54, 1.807) is 0 Å². The minimum atomic E-state index is -0.0457. The third-order valence-corrected chi connectivity index (χ3v) is 1.88. The lowest BCUT2D eigenvalue weighted by atomic mass is 10.1. The smallest absolute Gasteiger partial charge is 0.119 e. The van der Waals surface area contributed by atoms with Crippen LogP contribution in [0.5, 0.6) is 5.75 Å². The minimum absolute atomic E-state index is 0.0457. The molecule has 0 aromatic heterocycles. The number of hydrogen-bond donors (Lipinski definition) is 2. The standard InChI is InChI=1S/C10H15NO2/c1-3-13-10-6-4-9(5-7-10)8(2)11-12/h4-8,11-12H,3H2,1-2H3. The molecule has 1 aromatic carbocycles. The van der Waals surface area contributed by atoms with Gasteiger partial charge in [0.15, 0.2) is 0 Å². The topological polar surface area (TPSA) is 41.5 Å². The Labute approximate surface area is 78.3 Å². The highest BCUT2D eigenvalue weighted by atomic mass is 16.5. The van der Waals surface area contributed by atoms with Crippen LogP contribution in [0, 0.1) is 0 Å². The van der Waals surface area contributed by atoms with Gasteiger partial charge in [-0.05, 0) is 31.5 Å². The summed E-state index contributed by atoms with van der Waals surface area (Å²) in [6.45, 7) is 4.51. The molecule has 0 aliphatic rings. The highest BCUT2D eigenvalue weighted by Gasteiger charge is 2.02. The first-order valence-electron chi connectivity index (χ1n) is 4.40. The Hall–Kier alpha value is -1.06. The predicted molar refractivity (Wildman–Crippen MR) is 50.9 cm³/mol. The van der Waals surface area contributed by atoms with Crippen molar-refractivity contribution in [1.29, 1.82) is 0 Å². The summed E-state index contributed by atoms with van der Waals surface area (Å²) in [5.41, 5.74) is 3.23. The Bertz CT molecular complexity index is 246. The van der Waals surface area contributed by atoms with Gasteiger partial charge < -0.3 is 9.94 Å². The van der Waals surface area contributed by atoms with Gasteiger partial charge in [-0.2, -0.15) is 5.48 Å². The van der Waals surface area contributed by atoms with Crippen molar-refractivity contribution < 1.29 is 9.94 Å². The normalized spacial score (nSPS) is 12.5. The van der Waals surface area contributed by atoms with Gasteiger partial charge in [0.05, 0.1) is 12.6 Å². The zero-order valence-corrected chi connectivity index (χ0v) is 7.95. The Morgan fingerprint density at radius 1 is 1.38 bits per heavy atom. The fourth-order valence-electron chi connectivity index (χ4n) is 1.09. The number of rotatable bonds is 4. The van der Waals surface area contributed by atoms with E-state index in [4.69, 9.17) is 9.94 Å². The fraction of sp³-hybridized carbons (Fsp3) is 0.400. The SMILES string of the molecule is CCOc1ccc(C(C)NO)cc1. The van der Waals surface area contributed by atoms with Crippen LogP contribution < -0.4 is 10.2 Å². The molecule has 1 atom stereocenters. The molecule has 3 nitrogen and oxygen atoms in total. The van der Waals surface area contributed by atoms with Crippen molar-refractivity contribution >= 4 is 0 Å². The number of benzene rings is 1. The molecule has 0 fully saturated rings. The first-order chi connectivity index (χ1) is 6.27. The van der Waals surface area contributed by atoms with Crippen molar-refractivity contribution in [3.63, 3.8) is 0 Å². The van der Waals surface area contributed by atoms with Crippen molar-refractivity contribution in [2.45, 2.75) is 19.9 Å². The van der Waals surface area contributed by atoms with E-state index in [-0.39, 0.29) is 6.04 Å². The van der Waals surface area contributed by atoms with Crippen LogP contribution in [0.25, 0.3) is 0 Å². The lowest BCUT2D eigenvalue weighted by Crippen LogP contribution is -2.12. The van der Waals surface area contributed by atoms with E-state index in [0.29, 0.717) is 6.61 Å². The van der Waals surface area contributed by atoms with E-state index in [0.717, 1.165) is 11.3 Å². The number of hydrogen-bond acceptors (Lipinski definition) is 3. The first kappa shape index (κ1) is 10.0. The van der Waals surface area contributed by atoms with E-state index >= 15 is 0 Å². The number of nitrogens with one attached hydrogen (secondary N) is 1. The van der Waals surface area contributed by atoms with Crippen molar-refractivity contribution in [3.05, 3.63) is 29.8 Å². The molecule has 0 spiro atoms. The van der Waals surface area contributed by atoms with Crippen LogP contribution >= 0.6 is 0 Å². The van der Waals surface area contributed by atoms with Gasteiger partial charge in [-0.1, -0.05) is 12.1 Å². The van der Waals surface area contributed by atoms with Gasteiger partial charge in [-0.15, -0.1) is 0 Å². The number of ether oxygens (including phenoxy) is 1. The quantitative estimate of drug-likeness (QED) is 0.699. The third-order valence-electron chi connectivity index (χ3n) is 1.88. The highest BCUT2D eigenvalue weighted by Crippen LogP contribution is 2.16. The Morgan fingerprint density at radius 2 is 2.00 bits per heavy atom. The minimum Gasteiger partial charge on any atom is -0.494 e. The Balaban J connectivity index is 2.69. The van der Waals surface area contributed by atoms with E-state index in [2.05, 4.69) is 5.48 Å². The van der Waals surface area contributed by atoms with Crippen molar-refractivity contribution in [2.75, 3.05) is 6.61 Å². The molecule has 3 heteroatoms. The molecule has 2 N–H and O–H groups in total. The molecule has 0 saturated heterocycles. The van der Waals surface area contributed by atoms with Crippen LogP contribution in [0.4, 0.5) is 0 Å². The van der Waals surface area contributed by atoms with Gasteiger partial charge in [0, 0.05) is 0 Å².